The fourth-order valence-electron chi connectivity index (χ4n) is 3.00. The van der Waals surface area contributed by atoms with Crippen LogP contribution in [0.1, 0.15) is 35.2 Å². The topological polar surface area (TPSA) is 75.5 Å². The van der Waals surface area contributed by atoms with Gasteiger partial charge in [-0.05, 0) is 59.0 Å². The van der Waals surface area contributed by atoms with Crippen molar-refractivity contribution >= 4 is 33.2 Å². The van der Waals surface area contributed by atoms with Gasteiger partial charge in [-0.1, -0.05) is 12.1 Å². The number of nitro groups is 1. The molecule has 7 heteroatoms. The highest BCUT2D eigenvalue weighted by Crippen LogP contribution is 2.27. The average molecular weight is 418 g/mol. The Kier molecular flexibility index (Phi) is 5.88. The summed E-state index contributed by atoms with van der Waals surface area (Å²) in [5.74, 6) is 0.0994. The summed E-state index contributed by atoms with van der Waals surface area (Å²) in [6.45, 7) is 2.25. The average Bonchev–Trinajstić information content (AvgIpc) is 2.67. The van der Waals surface area contributed by atoms with Crippen molar-refractivity contribution in [3.8, 4) is 0 Å². The minimum atomic E-state index is -0.424. The normalized spacial score (nSPS) is 14.1. The Hall–Kier alpha value is -2.41. The predicted octanol–water partition coefficient (Wildman–Crippen LogP) is 4.60. The third-order valence-corrected chi connectivity index (χ3v) is 5.15. The Balaban J connectivity index is 1.61. The maximum Gasteiger partial charge on any atom is 0.270 e. The molecule has 1 aliphatic rings. The fraction of sp³-hybridized carbons (Fsp3) is 0.316. The SMILES string of the molecule is O=C(c1ccc(CNc2ccc([N+](=O)[O-])cc2Br)cc1)N1CCCCC1. The number of anilines is 1. The molecule has 136 valence electrons. The number of benzene rings is 2. The van der Waals surface area contributed by atoms with Crippen molar-refractivity contribution in [3.05, 3.63) is 68.2 Å². The number of hydrogen-bond donors (Lipinski definition) is 1. The van der Waals surface area contributed by atoms with Gasteiger partial charge in [0.05, 0.1) is 4.92 Å². The van der Waals surface area contributed by atoms with Crippen LogP contribution in [0.4, 0.5) is 11.4 Å². The number of carbonyl (C=O) groups is 1. The Bertz CT molecular complexity index is 802. The number of rotatable bonds is 5. The van der Waals surface area contributed by atoms with Crippen molar-refractivity contribution in [2.45, 2.75) is 25.8 Å². The van der Waals surface area contributed by atoms with Crippen LogP contribution in [0.2, 0.25) is 0 Å². The summed E-state index contributed by atoms with van der Waals surface area (Å²) < 4.78 is 0.642. The standard InChI is InChI=1S/C19H20BrN3O3/c20-17-12-16(23(25)26)8-9-18(17)21-13-14-4-6-15(7-5-14)19(24)22-10-2-1-3-11-22/h4-9,12,21H,1-3,10-11,13H2. The predicted molar refractivity (Wildman–Crippen MR) is 104 cm³/mol. The van der Waals surface area contributed by atoms with E-state index in [4.69, 9.17) is 0 Å². The van der Waals surface area contributed by atoms with Crippen LogP contribution >= 0.6 is 15.9 Å². The van der Waals surface area contributed by atoms with E-state index in [9.17, 15) is 14.9 Å². The van der Waals surface area contributed by atoms with Crippen molar-refractivity contribution < 1.29 is 9.72 Å². The maximum atomic E-state index is 12.5. The smallest absolute Gasteiger partial charge is 0.270 e. The molecule has 1 N–H and O–H groups in total. The lowest BCUT2D eigenvalue weighted by atomic mass is 10.1. The highest BCUT2D eigenvalue weighted by Gasteiger charge is 2.17. The van der Waals surface area contributed by atoms with E-state index in [1.807, 2.05) is 29.2 Å². The number of nitrogens with zero attached hydrogens (tertiary/aromatic N) is 2. The number of non-ortho nitro benzene ring substituents is 1. The van der Waals surface area contributed by atoms with Gasteiger partial charge in [-0.15, -0.1) is 0 Å². The molecule has 1 aliphatic heterocycles. The largest absolute Gasteiger partial charge is 0.380 e. The lowest BCUT2D eigenvalue weighted by Gasteiger charge is -2.26. The first-order valence-electron chi connectivity index (χ1n) is 8.60. The van der Waals surface area contributed by atoms with Gasteiger partial charge in [0.2, 0.25) is 0 Å². The molecule has 0 unspecified atom stereocenters. The Morgan fingerprint density at radius 2 is 1.81 bits per heavy atom. The second-order valence-corrected chi connectivity index (χ2v) is 7.18. The highest BCUT2D eigenvalue weighted by molar-refractivity contribution is 9.10. The van der Waals surface area contributed by atoms with Gasteiger partial charge >= 0.3 is 0 Å². The second kappa shape index (κ2) is 8.31. The van der Waals surface area contributed by atoms with Crippen LogP contribution < -0.4 is 5.32 Å². The minimum Gasteiger partial charge on any atom is -0.380 e. The molecule has 2 aromatic rings. The van der Waals surface area contributed by atoms with E-state index in [1.165, 1.54) is 18.6 Å². The van der Waals surface area contributed by atoms with E-state index >= 15 is 0 Å². The molecule has 1 amide bonds. The summed E-state index contributed by atoms with van der Waals surface area (Å²) >= 11 is 3.35. The van der Waals surface area contributed by atoms with E-state index < -0.39 is 4.92 Å². The molecule has 0 aromatic heterocycles. The summed E-state index contributed by atoms with van der Waals surface area (Å²) in [6, 6.07) is 12.2. The van der Waals surface area contributed by atoms with Crippen LogP contribution in [0.3, 0.4) is 0 Å². The van der Waals surface area contributed by atoms with Crippen LogP contribution in [-0.2, 0) is 6.54 Å². The van der Waals surface area contributed by atoms with Crippen LogP contribution in [0.15, 0.2) is 46.9 Å². The molecule has 0 radical (unpaired) electrons. The molecule has 2 aromatic carbocycles. The molecular weight excluding hydrogens is 398 g/mol. The summed E-state index contributed by atoms with van der Waals surface area (Å²) in [5, 5.41) is 14.0. The van der Waals surface area contributed by atoms with E-state index in [2.05, 4.69) is 21.2 Å². The van der Waals surface area contributed by atoms with Crippen molar-refractivity contribution in [1.29, 1.82) is 0 Å². The van der Waals surface area contributed by atoms with E-state index in [1.54, 1.807) is 6.07 Å². The molecule has 0 atom stereocenters. The monoisotopic (exact) mass is 417 g/mol. The molecule has 1 heterocycles. The number of halogens is 1. The quantitative estimate of drug-likeness (QED) is 0.569. The van der Waals surface area contributed by atoms with Crippen molar-refractivity contribution in [2.75, 3.05) is 18.4 Å². The number of likely N-dealkylation sites (tertiary alicyclic amines) is 1. The van der Waals surface area contributed by atoms with Crippen molar-refractivity contribution in [3.63, 3.8) is 0 Å². The van der Waals surface area contributed by atoms with Crippen molar-refractivity contribution in [2.24, 2.45) is 0 Å². The van der Waals surface area contributed by atoms with E-state index in [0.717, 1.165) is 37.2 Å². The number of hydrogen-bond acceptors (Lipinski definition) is 4. The summed E-state index contributed by atoms with van der Waals surface area (Å²) in [5.41, 5.74) is 2.57. The zero-order valence-corrected chi connectivity index (χ0v) is 15.9. The van der Waals surface area contributed by atoms with Crippen LogP contribution in [0.25, 0.3) is 0 Å². The van der Waals surface area contributed by atoms with Crippen molar-refractivity contribution in [1.82, 2.24) is 4.90 Å². The highest BCUT2D eigenvalue weighted by atomic mass is 79.9. The molecule has 26 heavy (non-hydrogen) atoms. The lowest BCUT2D eigenvalue weighted by Crippen LogP contribution is -2.35. The fourth-order valence-corrected chi connectivity index (χ4v) is 3.51. The summed E-state index contributed by atoms with van der Waals surface area (Å²) in [4.78, 5) is 24.7. The number of piperidine rings is 1. The van der Waals surface area contributed by atoms with E-state index in [-0.39, 0.29) is 11.6 Å². The van der Waals surface area contributed by atoms with Gasteiger partial charge in [0.15, 0.2) is 0 Å². The number of nitro benzene ring substituents is 1. The molecule has 1 saturated heterocycles. The number of carbonyl (C=O) groups excluding carboxylic acids is 1. The van der Waals surface area contributed by atoms with Gasteiger partial charge in [0.25, 0.3) is 11.6 Å². The van der Waals surface area contributed by atoms with Gasteiger partial charge in [0, 0.05) is 47.5 Å². The maximum absolute atomic E-state index is 12.5. The first-order valence-corrected chi connectivity index (χ1v) is 9.40. The second-order valence-electron chi connectivity index (χ2n) is 6.32. The Labute approximate surface area is 160 Å². The Morgan fingerprint density at radius 3 is 2.42 bits per heavy atom. The lowest BCUT2D eigenvalue weighted by molar-refractivity contribution is -0.384. The first-order chi connectivity index (χ1) is 12.5. The van der Waals surface area contributed by atoms with Crippen LogP contribution in [0, 0.1) is 10.1 Å². The third-order valence-electron chi connectivity index (χ3n) is 4.49. The summed E-state index contributed by atoms with van der Waals surface area (Å²) in [7, 11) is 0. The number of nitrogens with one attached hydrogen (secondary N) is 1. The zero-order chi connectivity index (χ0) is 18.5. The van der Waals surface area contributed by atoms with Crippen LogP contribution in [-0.4, -0.2) is 28.8 Å². The molecule has 0 spiro atoms. The number of amides is 1. The molecule has 3 rings (SSSR count). The van der Waals surface area contributed by atoms with Crippen LogP contribution in [0.5, 0.6) is 0 Å². The molecule has 0 saturated carbocycles. The van der Waals surface area contributed by atoms with Gasteiger partial charge in [-0.25, -0.2) is 0 Å². The van der Waals surface area contributed by atoms with E-state index in [0.29, 0.717) is 16.6 Å². The molecule has 0 bridgehead atoms. The van der Waals surface area contributed by atoms with Gasteiger partial charge in [0.1, 0.15) is 0 Å². The van der Waals surface area contributed by atoms with Gasteiger partial charge in [-0.2, -0.15) is 0 Å². The summed E-state index contributed by atoms with van der Waals surface area (Å²) in [6.07, 6.45) is 3.36. The third kappa shape index (κ3) is 4.40. The van der Waals surface area contributed by atoms with Gasteiger partial charge in [-0.3, -0.25) is 14.9 Å². The Morgan fingerprint density at radius 1 is 1.12 bits per heavy atom. The minimum absolute atomic E-state index is 0.0444. The first kappa shape index (κ1) is 18.4. The zero-order valence-electron chi connectivity index (χ0n) is 14.3. The molecular formula is C19H20BrN3O3. The molecule has 6 nitrogen and oxygen atoms in total. The van der Waals surface area contributed by atoms with Gasteiger partial charge < -0.3 is 10.2 Å². The molecule has 0 aliphatic carbocycles. The molecule has 1 fully saturated rings.